The van der Waals surface area contributed by atoms with Gasteiger partial charge in [0.1, 0.15) is 11.6 Å². The third-order valence-electron chi connectivity index (χ3n) is 2.64. The lowest BCUT2D eigenvalue weighted by molar-refractivity contribution is 0.585. The smallest absolute Gasteiger partial charge is 0.150 e. The molecule has 0 aliphatic heterocycles. The molecule has 0 bridgehead atoms. The highest BCUT2D eigenvalue weighted by atomic mass is 127. The Morgan fingerprint density at radius 3 is 2.72 bits per heavy atom. The van der Waals surface area contributed by atoms with Crippen molar-refractivity contribution in [2.24, 2.45) is 0 Å². The number of pyridine rings is 1. The number of hydrogen-bond donors (Lipinski definition) is 0. The number of fused-ring (bicyclic) bond motifs is 1. The molecule has 0 aliphatic rings. The van der Waals surface area contributed by atoms with Gasteiger partial charge in [0.2, 0.25) is 0 Å². The second-order valence-electron chi connectivity index (χ2n) is 3.84. The van der Waals surface area contributed by atoms with Crippen molar-refractivity contribution in [2.45, 2.75) is 0 Å². The molecule has 3 aromatic rings. The molecule has 0 saturated heterocycles. The lowest BCUT2D eigenvalue weighted by Gasteiger charge is -1.98. The SMILES string of the molecule is Fc1ccc(-c2cn3cccc(I)c3n2)c(F)c1. The first-order valence-corrected chi connectivity index (χ1v) is 6.31. The lowest BCUT2D eigenvalue weighted by atomic mass is 10.1. The number of halogens is 3. The predicted molar refractivity (Wildman–Crippen MR) is 73.3 cm³/mol. The first-order valence-electron chi connectivity index (χ1n) is 5.24. The van der Waals surface area contributed by atoms with Gasteiger partial charge in [-0.05, 0) is 46.9 Å². The minimum absolute atomic E-state index is 0.302. The van der Waals surface area contributed by atoms with Crippen molar-refractivity contribution in [1.82, 2.24) is 9.38 Å². The summed E-state index contributed by atoms with van der Waals surface area (Å²) in [6.45, 7) is 0. The Morgan fingerprint density at radius 2 is 2.00 bits per heavy atom. The van der Waals surface area contributed by atoms with Crippen LogP contribution in [0.5, 0.6) is 0 Å². The Bertz CT molecular complexity index is 737. The Balaban J connectivity index is 2.23. The summed E-state index contributed by atoms with van der Waals surface area (Å²) in [5.74, 6) is -1.19. The minimum Gasteiger partial charge on any atom is -0.306 e. The van der Waals surface area contributed by atoms with E-state index >= 15 is 0 Å². The Labute approximate surface area is 115 Å². The molecule has 90 valence electrons. The molecular weight excluding hydrogens is 349 g/mol. The summed E-state index contributed by atoms with van der Waals surface area (Å²) in [6, 6.07) is 7.31. The van der Waals surface area contributed by atoms with Crippen LogP contribution in [0.4, 0.5) is 8.78 Å². The van der Waals surface area contributed by atoms with Gasteiger partial charge in [0.15, 0.2) is 5.65 Å². The molecule has 18 heavy (non-hydrogen) atoms. The van der Waals surface area contributed by atoms with Crippen LogP contribution in [0.15, 0.2) is 42.7 Å². The van der Waals surface area contributed by atoms with Crippen LogP contribution in [0.2, 0.25) is 0 Å². The molecule has 0 atom stereocenters. The molecule has 0 saturated carbocycles. The van der Waals surface area contributed by atoms with Gasteiger partial charge in [-0.15, -0.1) is 0 Å². The van der Waals surface area contributed by atoms with E-state index in [1.807, 2.05) is 22.7 Å². The van der Waals surface area contributed by atoms with E-state index in [-0.39, 0.29) is 0 Å². The second-order valence-corrected chi connectivity index (χ2v) is 5.00. The number of imidazole rings is 1. The van der Waals surface area contributed by atoms with Crippen LogP contribution in [-0.4, -0.2) is 9.38 Å². The molecule has 2 aromatic heterocycles. The maximum atomic E-state index is 13.7. The van der Waals surface area contributed by atoms with Crippen LogP contribution >= 0.6 is 22.6 Å². The lowest BCUT2D eigenvalue weighted by Crippen LogP contribution is -1.86. The molecule has 2 nitrogen and oxygen atoms in total. The standard InChI is InChI=1S/C13H7F2IN2/c14-8-3-4-9(10(15)6-8)12-7-18-5-1-2-11(16)13(18)17-12/h1-7H. The zero-order valence-corrected chi connectivity index (χ0v) is 11.2. The van der Waals surface area contributed by atoms with Crippen molar-refractivity contribution >= 4 is 28.2 Å². The number of hydrogen-bond acceptors (Lipinski definition) is 1. The van der Waals surface area contributed by atoms with Gasteiger partial charge in [0.25, 0.3) is 0 Å². The molecule has 5 heteroatoms. The monoisotopic (exact) mass is 356 g/mol. The first kappa shape index (κ1) is 11.6. The van der Waals surface area contributed by atoms with E-state index < -0.39 is 11.6 Å². The van der Waals surface area contributed by atoms with Crippen molar-refractivity contribution in [3.05, 3.63) is 57.9 Å². The normalized spacial score (nSPS) is 11.1. The van der Waals surface area contributed by atoms with Crippen LogP contribution in [-0.2, 0) is 0 Å². The van der Waals surface area contributed by atoms with Gasteiger partial charge in [-0.1, -0.05) is 0 Å². The summed E-state index contributed by atoms with van der Waals surface area (Å²) in [6.07, 6.45) is 3.57. The minimum atomic E-state index is -0.603. The van der Waals surface area contributed by atoms with Gasteiger partial charge >= 0.3 is 0 Å². The Morgan fingerprint density at radius 1 is 1.17 bits per heavy atom. The molecule has 3 rings (SSSR count). The maximum Gasteiger partial charge on any atom is 0.150 e. The fourth-order valence-corrected chi connectivity index (χ4v) is 2.41. The topological polar surface area (TPSA) is 17.3 Å². The molecule has 0 spiro atoms. The van der Waals surface area contributed by atoms with Gasteiger partial charge < -0.3 is 4.40 Å². The zero-order chi connectivity index (χ0) is 12.7. The number of benzene rings is 1. The van der Waals surface area contributed by atoms with Crippen LogP contribution in [0.1, 0.15) is 0 Å². The number of nitrogens with zero attached hydrogens (tertiary/aromatic N) is 2. The third-order valence-corrected chi connectivity index (χ3v) is 3.48. The van der Waals surface area contributed by atoms with E-state index in [2.05, 4.69) is 27.6 Å². The van der Waals surface area contributed by atoms with Crippen molar-refractivity contribution in [3.8, 4) is 11.3 Å². The van der Waals surface area contributed by atoms with Gasteiger partial charge in [-0.2, -0.15) is 0 Å². The van der Waals surface area contributed by atoms with E-state index in [1.165, 1.54) is 12.1 Å². The molecule has 0 unspecified atom stereocenters. The fraction of sp³-hybridized carbons (Fsp3) is 0. The first-order chi connectivity index (χ1) is 8.65. The second kappa shape index (κ2) is 4.31. The molecule has 0 aliphatic carbocycles. The van der Waals surface area contributed by atoms with Gasteiger partial charge in [-0.3, -0.25) is 0 Å². The fourth-order valence-electron chi connectivity index (χ4n) is 1.81. The van der Waals surface area contributed by atoms with Crippen molar-refractivity contribution < 1.29 is 8.78 Å². The predicted octanol–water partition coefficient (Wildman–Crippen LogP) is 3.88. The van der Waals surface area contributed by atoms with Crippen molar-refractivity contribution in [2.75, 3.05) is 0 Å². The molecule has 0 fully saturated rings. The highest BCUT2D eigenvalue weighted by Crippen LogP contribution is 2.24. The highest BCUT2D eigenvalue weighted by Gasteiger charge is 2.11. The summed E-state index contributed by atoms with van der Waals surface area (Å²) < 4.78 is 29.3. The summed E-state index contributed by atoms with van der Waals surface area (Å²) in [4.78, 5) is 4.37. The van der Waals surface area contributed by atoms with Gasteiger partial charge in [0, 0.05) is 24.0 Å². The third kappa shape index (κ3) is 1.88. The molecular formula is C13H7F2IN2. The van der Waals surface area contributed by atoms with Crippen LogP contribution < -0.4 is 0 Å². The molecule has 0 radical (unpaired) electrons. The van der Waals surface area contributed by atoms with Crippen LogP contribution in [0.25, 0.3) is 16.9 Å². The molecule has 0 N–H and O–H groups in total. The van der Waals surface area contributed by atoms with E-state index in [4.69, 9.17) is 0 Å². The molecule has 1 aromatic carbocycles. The van der Waals surface area contributed by atoms with E-state index in [0.717, 1.165) is 15.3 Å². The van der Waals surface area contributed by atoms with Crippen molar-refractivity contribution in [1.29, 1.82) is 0 Å². The van der Waals surface area contributed by atoms with Crippen LogP contribution in [0, 0.1) is 15.2 Å². The maximum absolute atomic E-state index is 13.7. The molecule has 0 amide bonds. The number of rotatable bonds is 1. The average Bonchev–Trinajstić information content (AvgIpc) is 2.74. The van der Waals surface area contributed by atoms with Crippen molar-refractivity contribution in [3.63, 3.8) is 0 Å². The Hall–Kier alpha value is -1.50. The number of aromatic nitrogens is 2. The highest BCUT2D eigenvalue weighted by molar-refractivity contribution is 14.1. The summed E-state index contributed by atoms with van der Waals surface area (Å²) in [7, 11) is 0. The largest absolute Gasteiger partial charge is 0.306 e. The Kier molecular flexibility index (Phi) is 2.77. The summed E-state index contributed by atoms with van der Waals surface area (Å²) in [5, 5.41) is 0. The quantitative estimate of drug-likeness (QED) is 0.605. The summed E-state index contributed by atoms with van der Waals surface area (Å²) >= 11 is 2.17. The van der Waals surface area contributed by atoms with Gasteiger partial charge in [-0.25, -0.2) is 13.8 Å². The van der Waals surface area contributed by atoms with E-state index in [1.54, 1.807) is 6.20 Å². The van der Waals surface area contributed by atoms with E-state index in [9.17, 15) is 8.78 Å². The van der Waals surface area contributed by atoms with Gasteiger partial charge in [0.05, 0.1) is 9.26 Å². The van der Waals surface area contributed by atoms with Crippen LogP contribution in [0.3, 0.4) is 0 Å². The average molecular weight is 356 g/mol. The zero-order valence-electron chi connectivity index (χ0n) is 9.07. The summed E-state index contributed by atoms with van der Waals surface area (Å²) in [5.41, 5.74) is 1.56. The molecule has 2 heterocycles. The van der Waals surface area contributed by atoms with E-state index in [0.29, 0.717) is 11.3 Å².